The maximum absolute atomic E-state index is 5.62. The third-order valence-corrected chi connectivity index (χ3v) is 2.36. The zero-order chi connectivity index (χ0) is 12.5. The van der Waals surface area contributed by atoms with Crippen molar-refractivity contribution in [2.24, 2.45) is 0 Å². The van der Waals surface area contributed by atoms with Crippen LogP contribution in [0.5, 0.6) is 11.5 Å². The first-order valence-corrected chi connectivity index (χ1v) is 5.65. The third kappa shape index (κ3) is 5.28. The highest BCUT2D eigenvalue weighted by molar-refractivity contribution is 5.32. The van der Waals surface area contributed by atoms with Gasteiger partial charge in [0.15, 0.2) is 0 Å². The highest BCUT2D eigenvalue weighted by atomic mass is 16.5. The highest BCUT2D eigenvalue weighted by Gasteiger charge is 1.98. The van der Waals surface area contributed by atoms with Gasteiger partial charge in [-0.15, -0.1) is 6.42 Å². The number of benzene rings is 1. The summed E-state index contributed by atoms with van der Waals surface area (Å²) in [4.78, 5) is 2.09. The Bertz CT molecular complexity index is 371. The van der Waals surface area contributed by atoms with Gasteiger partial charge in [-0.3, -0.25) is 4.90 Å². The second-order valence-corrected chi connectivity index (χ2v) is 3.82. The summed E-state index contributed by atoms with van der Waals surface area (Å²) in [5, 5.41) is 0. The molecule has 1 aromatic rings. The van der Waals surface area contributed by atoms with Gasteiger partial charge in [-0.25, -0.2) is 0 Å². The number of nitrogens with zero attached hydrogens (tertiary/aromatic N) is 1. The first-order valence-electron chi connectivity index (χ1n) is 5.65. The SMILES string of the molecule is C#CCN(C)CCCOc1cccc(OC)c1. The molecule has 0 fully saturated rings. The number of hydrogen-bond donors (Lipinski definition) is 0. The maximum Gasteiger partial charge on any atom is 0.122 e. The molecule has 0 atom stereocenters. The van der Waals surface area contributed by atoms with Gasteiger partial charge in [-0.05, 0) is 25.6 Å². The van der Waals surface area contributed by atoms with E-state index in [-0.39, 0.29) is 0 Å². The largest absolute Gasteiger partial charge is 0.497 e. The Kier molecular flexibility index (Phi) is 5.98. The van der Waals surface area contributed by atoms with E-state index in [4.69, 9.17) is 15.9 Å². The standard InChI is InChI=1S/C14H19NO2/c1-4-9-15(2)10-6-11-17-14-8-5-7-13(12-14)16-3/h1,5,7-8,12H,6,9-11H2,2-3H3. The van der Waals surface area contributed by atoms with Gasteiger partial charge in [0.1, 0.15) is 11.5 Å². The second kappa shape index (κ2) is 7.59. The summed E-state index contributed by atoms with van der Waals surface area (Å²) in [6, 6.07) is 7.62. The molecule has 0 aromatic heterocycles. The molecule has 0 amide bonds. The summed E-state index contributed by atoms with van der Waals surface area (Å²) in [6.07, 6.45) is 6.17. The van der Waals surface area contributed by atoms with Crippen LogP contribution < -0.4 is 9.47 Å². The van der Waals surface area contributed by atoms with Crippen molar-refractivity contribution >= 4 is 0 Å². The van der Waals surface area contributed by atoms with Crippen molar-refractivity contribution in [3.05, 3.63) is 24.3 Å². The summed E-state index contributed by atoms with van der Waals surface area (Å²) in [6.45, 7) is 2.30. The Balaban J connectivity index is 2.24. The average molecular weight is 233 g/mol. The van der Waals surface area contributed by atoms with Gasteiger partial charge in [-0.2, -0.15) is 0 Å². The predicted molar refractivity (Wildman–Crippen MR) is 69.4 cm³/mol. The molecule has 0 radical (unpaired) electrons. The van der Waals surface area contributed by atoms with Crippen molar-refractivity contribution < 1.29 is 9.47 Å². The molecule has 0 aliphatic heterocycles. The fourth-order valence-electron chi connectivity index (χ4n) is 1.45. The molecule has 0 saturated heterocycles. The van der Waals surface area contributed by atoms with E-state index in [0.717, 1.165) is 24.5 Å². The van der Waals surface area contributed by atoms with Gasteiger partial charge in [0.2, 0.25) is 0 Å². The number of ether oxygens (including phenoxy) is 2. The van der Waals surface area contributed by atoms with Crippen LogP contribution in [0.15, 0.2) is 24.3 Å². The molecule has 3 heteroatoms. The molecule has 17 heavy (non-hydrogen) atoms. The van der Waals surface area contributed by atoms with Gasteiger partial charge in [-0.1, -0.05) is 12.0 Å². The third-order valence-electron chi connectivity index (χ3n) is 2.36. The molecule has 3 nitrogen and oxygen atoms in total. The molecule has 92 valence electrons. The zero-order valence-electron chi connectivity index (χ0n) is 10.5. The van der Waals surface area contributed by atoms with Crippen molar-refractivity contribution in [1.82, 2.24) is 4.90 Å². The summed E-state index contributed by atoms with van der Waals surface area (Å²) < 4.78 is 10.7. The van der Waals surface area contributed by atoms with E-state index in [2.05, 4.69) is 10.8 Å². The molecule has 1 rings (SSSR count). The van der Waals surface area contributed by atoms with E-state index < -0.39 is 0 Å². The van der Waals surface area contributed by atoms with Crippen LogP contribution in [0.3, 0.4) is 0 Å². The Labute approximate surface area is 103 Å². The molecule has 0 bridgehead atoms. The normalized spacial score (nSPS) is 10.0. The Morgan fingerprint density at radius 1 is 1.35 bits per heavy atom. The Hall–Kier alpha value is -1.66. The quantitative estimate of drug-likeness (QED) is 0.531. The molecule has 0 saturated carbocycles. The molecular formula is C14H19NO2. The van der Waals surface area contributed by atoms with Crippen molar-refractivity contribution in [3.63, 3.8) is 0 Å². The topological polar surface area (TPSA) is 21.7 Å². The second-order valence-electron chi connectivity index (χ2n) is 3.82. The van der Waals surface area contributed by atoms with E-state index in [0.29, 0.717) is 13.2 Å². The maximum atomic E-state index is 5.62. The zero-order valence-corrected chi connectivity index (χ0v) is 10.5. The molecule has 0 aliphatic rings. The monoisotopic (exact) mass is 233 g/mol. The van der Waals surface area contributed by atoms with Crippen molar-refractivity contribution in [2.75, 3.05) is 33.9 Å². The molecule has 0 heterocycles. The van der Waals surface area contributed by atoms with Gasteiger partial charge < -0.3 is 9.47 Å². The smallest absolute Gasteiger partial charge is 0.122 e. The van der Waals surface area contributed by atoms with Crippen LogP contribution in [0.1, 0.15) is 6.42 Å². The van der Waals surface area contributed by atoms with Crippen LogP contribution >= 0.6 is 0 Å². The van der Waals surface area contributed by atoms with E-state index in [9.17, 15) is 0 Å². The molecule has 0 aliphatic carbocycles. The van der Waals surface area contributed by atoms with Crippen molar-refractivity contribution in [2.45, 2.75) is 6.42 Å². The van der Waals surface area contributed by atoms with Crippen LogP contribution in [0.25, 0.3) is 0 Å². The Morgan fingerprint density at radius 3 is 2.82 bits per heavy atom. The van der Waals surface area contributed by atoms with Crippen LogP contribution in [0, 0.1) is 12.3 Å². The molecule has 1 aromatic carbocycles. The highest BCUT2D eigenvalue weighted by Crippen LogP contribution is 2.18. The van der Waals surface area contributed by atoms with Crippen LogP contribution in [-0.2, 0) is 0 Å². The first-order chi connectivity index (χ1) is 8.26. The Morgan fingerprint density at radius 2 is 2.12 bits per heavy atom. The lowest BCUT2D eigenvalue weighted by atomic mass is 10.3. The van der Waals surface area contributed by atoms with Crippen molar-refractivity contribution in [1.29, 1.82) is 0 Å². The number of hydrogen-bond acceptors (Lipinski definition) is 3. The minimum Gasteiger partial charge on any atom is -0.497 e. The summed E-state index contributed by atoms with van der Waals surface area (Å²) in [7, 11) is 3.65. The number of rotatable bonds is 7. The van der Waals surface area contributed by atoms with Gasteiger partial charge in [0.25, 0.3) is 0 Å². The van der Waals surface area contributed by atoms with Crippen molar-refractivity contribution in [3.8, 4) is 23.8 Å². The van der Waals surface area contributed by atoms with E-state index in [1.165, 1.54) is 0 Å². The molecule has 0 spiro atoms. The van der Waals surface area contributed by atoms with Crippen LogP contribution in [-0.4, -0.2) is 38.8 Å². The lowest BCUT2D eigenvalue weighted by molar-refractivity contribution is 0.273. The summed E-state index contributed by atoms with van der Waals surface area (Å²) >= 11 is 0. The fourth-order valence-corrected chi connectivity index (χ4v) is 1.45. The molecule has 0 N–H and O–H groups in total. The van der Waals surface area contributed by atoms with Gasteiger partial charge in [0, 0.05) is 12.6 Å². The summed E-state index contributed by atoms with van der Waals surface area (Å²) in [5.74, 6) is 4.26. The van der Waals surface area contributed by atoms with E-state index in [1.54, 1.807) is 7.11 Å². The number of terminal acetylenes is 1. The lowest BCUT2D eigenvalue weighted by Gasteiger charge is -2.13. The minimum atomic E-state index is 0.680. The predicted octanol–water partition coefficient (Wildman–Crippen LogP) is 2.03. The lowest BCUT2D eigenvalue weighted by Crippen LogP contribution is -2.21. The van der Waals surface area contributed by atoms with E-state index in [1.807, 2.05) is 31.3 Å². The molecule has 0 unspecified atom stereocenters. The van der Waals surface area contributed by atoms with Crippen LogP contribution in [0.2, 0.25) is 0 Å². The van der Waals surface area contributed by atoms with E-state index >= 15 is 0 Å². The first kappa shape index (κ1) is 13.4. The van der Waals surface area contributed by atoms with Gasteiger partial charge >= 0.3 is 0 Å². The number of methoxy groups -OCH3 is 1. The van der Waals surface area contributed by atoms with Gasteiger partial charge in [0.05, 0.1) is 20.3 Å². The molecular weight excluding hydrogens is 214 g/mol. The minimum absolute atomic E-state index is 0.680. The summed E-state index contributed by atoms with van der Waals surface area (Å²) in [5.41, 5.74) is 0. The average Bonchev–Trinajstić information content (AvgIpc) is 2.35. The van der Waals surface area contributed by atoms with Crippen LogP contribution in [0.4, 0.5) is 0 Å². The fraction of sp³-hybridized carbons (Fsp3) is 0.429.